The Bertz CT molecular complexity index is 197. The van der Waals surface area contributed by atoms with Crippen molar-refractivity contribution >= 4 is 0 Å². The third-order valence-electron chi connectivity index (χ3n) is 4.78. The van der Waals surface area contributed by atoms with Gasteiger partial charge in [-0.1, -0.05) is 26.2 Å². The van der Waals surface area contributed by atoms with Crippen LogP contribution in [-0.4, -0.2) is 37.6 Å². The van der Waals surface area contributed by atoms with Gasteiger partial charge in [0.1, 0.15) is 0 Å². The molecule has 2 nitrogen and oxygen atoms in total. The van der Waals surface area contributed by atoms with Crippen LogP contribution < -0.4 is 5.32 Å². The first-order valence-corrected chi connectivity index (χ1v) is 7.19. The summed E-state index contributed by atoms with van der Waals surface area (Å²) in [6, 6.07) is 0.778. The molecule has 0 amide bonds. The highest BCUT2D eigenvalue weighted by Gasteiger charge is 2.25. The van der Waals surface area contributed by atoms with Gasteiger partial charge in [0.15, 0.2) is 0 Å². The smallest absolute Gasteiger partial charge is 0.00884 e. The molecule has 1 saturated heterocycles. The van der Waals surface area contributed by atoms with Gasteiger partial charge in [0.05, 0.1) is 0 Å². The van der Waals surface area contributed by atoms with Crippen molar-refractivity contribution in [1.29, 1.82) is 0 Å². The van der Waals surface area contributed by atoms with Gasteiger partial charge in [0.25, 0.3) is 0 Å². The summed E-state index contributed by atoms with van der Waals surface area (Å²) in [5.41, 5.74) is 0. The van der Waals surface area contributed by atoms with Crippen molar-refractivity contribution in [1.82, 2.24) is 10.2 Å². The first-order valence-electron chi connectivity index (χ1n) is 7.19. The number of nitrogens with zero attached hydrogens (tertiary/aromatic N) is 1. The third-order valence-corrected chi connectivity index (χ3v) is 4.78. The molecule has 16 heavy (non-hydrogen) atoms. The van der Waals surface area contributed by atoms with Crippen LogP contribution in [0, 0.1) is 11.8 Å². The second-order valence-electron chi connectivity index (χ2n) is 5.89. The van der Waals surface area contributed by atoms with E-state index < -0.39 is 0 Å². The molecule has 1 heterocycles. The van der Waals surface area contributed by atoms with Gasteiger partial charge in [-0.05, 0) is 51.2 Å². The lowest BCUT2D eigenvalue weighted by molar-refractivity contribution is 0.131. The maximum Gasteiger partial charge on any atom is 0.00884 e. The molecule has 1 saturated carbocycles. The van der Waals surface area contributed by atoms with E-state index in [0.717, 1.165) is 17.9 Å². The van der Waals surface area contributed by atoms with E-state index in [1.165, 1.54) is 58.2 Å². The minimum absolute atomic E-state index is 0.778. The van der Waals surface area contributed by atoms with E-state index in [1.807, 2.05) is 0 Å². The van der Waals surface area contributed by atoms with Crippen molar-refractivity contribution in [3.05, 3.63) is 0 Å². The third kappa shape index (κ3) is 3.21. The SMILES string of the molecule is CNC1CCN(CC2CCCCC2C)CC1. The minimum atomic E-state index is 0.778. The maximum atomic E-state index is 3.41. The highest BCUT2D eigenvalue weighted by molar-refractivity contribution is 4.80. The summed E-state index contributed by atoms with van der Waals surface area (Å²) < 4.78 is 0. The van der Waals surface area contributed by atoms with Gasteiger partial charge < -0.3 is 10.2 Å². The number of hydrogen-bond donors (Lipinski definition) is 1. The summed E-state index contributed by atoms with van der Waals surface area (Å²) in [5, 5.41) is 3.41. The molecule has 1 aliphatic heterocycles. The van der Waals surface area contributed by atoms with E-state index in [9.17, 15) is 0 Å². The van der Waals surface area contributed by atoms with Gasteiger partial charge in [-0.3, -0.25) is 0 Å². The molecule has 2 atom stereocenters. The van der Waals surface area contributed by atoms with Gasteiger partial charge >= 0.3 is 0 Å². The van der Waals surface area contributed by atoms with Gasteiger partial charge in [0.2, 0.25) is 0 Å². The van der Waals surface area contributed by atoms with Gasteiger partial charge in [-0.25, -0.2) is 0 Å². The van der Waals surface area contributed by atoms with Crippen molar-refractivity contribution in [3.63, 3.8) is 0 Å². The molecule has 1 N–H and O–H groups in total. The molecule has 0 bridgehead atoms. The van der Waals surface area contributed by atoms with Crippen LogP contribution in [0.15, 0.2) is 0 Å². The maximum absolute atomic E-state index is 3.41. The van der Waals surface area contributed by atoms with Crippen LogP contribution in [0.4, 0.5) is 0 Å². The van der Waals surface area contributed by atoms with E-state index in [4.69, 9.17) is 0 Å². The van der Waals surface area contributed by atoms with Crippen LogP contribution in [0.3, 0.4) is 0 Å². The Morgan fingerprint density at radius 1 is 1.06 bits per heavy atom. The quantitative estimate of drug-likeness (QED) is 0.792. The molecule has 1 aliphatic carbocycles. The molecule has 0 spiro atoms. The van der Waals surface area contributed by atoms with Crippen molar-refractivity contribution in [2.45, 2.75) is 51.5 Å². The predicted molar refractivity (Wildman–Crippen MR) is 69.6 cm³/mol. The first-order chi connectivity index (χ1) is 7.79. The van der Waals surface area contributed by atoms with Crippen LogP contribution >= 0.6 is 0 Å². The first kappa shape index (κ1) is 12.4. The van der Waals surface area contributed by atoms with Crippen LogP contribution in [0.25, 0.3) is 0 Å². The molecule has 0 radical (unpaired) electrons. The molecule has 0 aromatic carbocycles. The lowest BCUT2D eigenvalue weighted by atomic mass is 9.80. The molecule has 0 aromatic rings. The van der Waals surface area contributed by atoms with E-state index in [1.54, 1.807) is 0 Å². The molecular formula is C14H28N2. The average Bonchev–Trinajstić information content (AvgIpc) is 2.33. The molecule has 94 valence electrons. The minimum Gasteiger partial charge on any atom is -0.317 e. The van der Waals surface area contributed by atoms with E-state index >= 15 is 0 Å². The average molecular weight is 224 g/mol. The lowest BCUT2D eigenvalue weighted by Crippen LogP contribution is -2.44. The Kier molecular flexibility index (Phi) is 4.66. The summed E-state index contributed by atoms with van der Waals surface area (Å²) in [5.74, 6) is 1.95. The molecule has 2 rings (SSSR count). The standard InChI is InChI=1S/C14H28N2/c1-12-5-3-4-6-13(12)11-16-9-7-14(15-2)8-10-16/h12-15H,3-11H2,1-2H3. The van der Waals surface area contributed by atoms with Gasteiger partial charge in [-0.15, -0.1) is 0 Å². The molecule has 2 aliphatic rings. The highest BCUT2D eigenvalue weighted by atomic mass is 15.1. The number of rotatable bonds is 3. The molecule has 2 heteroatoms. The molecular weight excluding hydrogens is 196 g/mol. The Morgan fingerprint density at radius 2 is 1.75 bits per heavy atom. The van der Waals surface area contributed by atoms with Crippen LogP contribution in [0.5, 0.6) is 0 Å². The largest absolute Gasteiger partial charge is 0.317 e. The second-order valence-corrected chi connectivity index (χ2v) is 5.89. The summed E-state index contributed by atoms with van der Waals surface area (Å²) in [7, 11) is 2.10. The molecule has 2 unspecified atom stereocenters. The van der Waals surface area contributed by atoms with Crippen molar-refractivity contribution in [2.24, 2.45) is 11.8 Å². The number of likely N-dealkylation sites (tertiary alicyclic amines) is 1. The molecule has 0 aromatic heterocycles. The van der Waals surface area contributed by atoms with E-state index in [-0.39, 0.29) is 0 Å². The Labute approximate surface area is 101 Å². The van der Waals surface area contributed by atoms with Crippen molar-refractivity contribution in [2.75, 3.05) is 26.7 Å². The summed E-state index contributed by atoms with van der Waals surface area (Å²) in [6.45, 7) is 6.46. The van der Waals surface area contributed by atoms with Crippen LogP contribution in [0.2, 0.25) is 0 Å². The van der Waals surface area contributed by atoms with Crippen molar-refractivity contribution in [3.8, 4) is 0 Å². The molecule has 2 fully saturated rings. The lowest BCUT2D eigenvalue weighted by Gasteiger charge is -2.37. The highest BCUT2D eigenvalue weighted by Crippen LogP contribution is 2.30. The van der Waals surface area contributed by atoms with Gasteiger partial charge in [0, 0.05) is 12.6 Å². The number of hydrogen-bond acceptors (Lipinski definition) is 2. The summed E-state index contributed by atoms with van der Waals surface area (Å²) in [4.78, 5) is 2.71. The van der Waals surface area contributed by atoms with E-state index in [2.05, 4.69) is 24.2 Å². The zero-order valence-corrected chi connectivity index (χ0v) is 11.0. The number of nitrogens with one attached hydrogen (secondary N) is 1. The summed E-state index contributed by atoms with van der Waals surface area (Å²) >= 11 is 0. The fraction of sp³-hybridized carbons (Fsp3) is 1.00. The van der Waals surface area contributed by atoms with E-state index in [0.29, 0.717) is 0 Å². The number of piperidine rings is 1. The van der Waals surface area contributed by atoms with Crippen LogP contribution in [-0.2, 0) is 0 Å². The Balaban J connectivity index is 1.73. The topological polar surface area (TPSA) is 15.3 Å². The van der Waals surface area contributed by atoms with Crippen LogP contribution in [0.1, 0.15) is 45.4 Å². The zero-order chi connectivity index (χ0) is 11.4. The second kappa shape index (κ2) is 6.02. The van der Waals surface area contributed by atoms with Gasteiger partial charge in [-0.2, -0.15) is 0 Å². The normalized spacial score (nSPS) is 34.1. The zero-order valence-electron chi connectivity index (χ0n) is 11.0. The summed E-state index contributed by atoms with van der Waals surface area (Å²) in [6.07, 6.45) is 8.58. The fourth-order valence-corrected chi connectivity index (χ4v) is 3.40. The Morgan fingerprint density at radius 3 is 2.38 bits per heavy atom. The monoisotopic (exact) mass is 224 g/mol. The predicted octanol–water partition coefficient (Wildman–Crippen LogP) is 2.50. The van der Waals surface area contributed by atoms with Crippen molar-refractivity contribution < 1.29 is 0 Å². The Hall–Kier alpha value is -0.0800. The fourth-order valence-electron chi connectivity index (χ4n) is 3.40.